The van der Waals surface area contributed by atoms with Crippen LogP contribution in [0.2, 0.25) is 5.02 Å². The Morgan fingerprint density at radius 2 is 2.19 bits per heavy atom. The number of pyridine rings is 1. The maximum absolute atomic E-state index is 12.2. The number of amides is 1. The van der Waals surface area contributed by atoms with Gasteiger partial charge in [-0.1, -0.05) is 18.5 Å². The van der Waals surface area contributed by atoms with Crippen molar-refractivity contribution in [1.82, 2.24) is 4.98 Å². The lowest BCUT2D eigenvalue weighted by atomic mass is 10.2. The first-order chi connectivity index (χ1) is 10.1. The molecular formula is C15H14BrClN2O2. The summed E-state index contributed by atoms with van der Waals surface area (Å²) >= 11 is 9.22. The van der Waals surface area contributed by atoms with E-state index in [-0.39, 0.29) is 5.91 Å². The van der Waals surface area contributed by atoms with Crippen molar-refractivity contribution >= 4 is 39.1 Å². The van der Waals surface area contributed by atoms with Gasteiger partial charge in [-0.25, -0.2) is 4.98 Å². The highest BCUT2D eigenvalue weighted by molar-refractivity contribution is 9.10. The third kappa shape index (κ3) is 4.44. The fraction of sp³-hybridized carbons (Fsp3) is 0.200. The topological polar surface area (TPSA) is 51.2 Å². The summed E-state index contributed by atoms with van der Waals surface area (Å²) in [6.45, 7) is 2.59. The molecule has 0 bridgehead atoms. The van der Waals surface area contributed by atoms with Gasteiger partial charge in [-0.2, -0.15) is 0 Å². The lowest BCUT2D eigenvalue weighted by molar-refractivity contribution is 0.102. The van der Waals surface area contributed by atoms with Crippen LogP contribution in [0.3, 0.4) is 0 Å². The Morgan fingerprint density at radius 1 is 1.38 bits per heavy atom. The van der Waals surface area contributed by atoms with Crippen LogP contribution in [0.4, 0.5) is 5.69 Å². The minimum Gasteiger partial charge on any atom is -0.491 e. The monoisotopic (exact) mass is 368 g/mol. The fourth-order valence-corrected chi connectivity index (χ4v) is 2.21. The van der Waals surface area contributed by atoms with Crippen molar-refractivity contribution in [2.24, 2.45) is 0 Å². The Kier molecular flexibility index (Phi) is 5.59. The average molecular weight is 370 g/mol. The number of carbonyl (C=O) groups is 1. The van der Waals surface area contributed by atoms with Crippen LogP contribution in [0.15, 0.2) is 41.1 Å². The van der Waals surface area contributed by atoms with E-state index in [1.807, 2.05) is 6.92 Å². The molecule has 0 atom stereocenters. The number of hydrogen-bond acceptors (Lipinski definition) is 3. The largest absolute Gasteiger partial charge is 0.491 e. The first-order valence-corrected chi connectivity index (χ1v) is 7.62. The molecule has 2 aromatic rings. The van der Waals surface area contributed by atoms with Gasteiger partial charge in [0.25, 0.3) is 5.91 Å². The van der Waals surface area contributed by atoms with Crippen molar-refractivity contribution < 1.29 is 9.53 Å². The van der Waals surface area contributed by atoms with Crippen LogP contribution in [0.1, 0.15) is 23.7 Å². The molecule has 0 radical (unpaired) electrons. The van der Waals surface area contributed by atoms with E-state index in [1.54, 1.807) is 36.5 Å². The average Bonchev–Trinajstić information content (AvgIpc) is 2.46. The van der Waals surface area contributed by atoms with Gasteiger partial charge < -0.3 is 10.1 Å². The molecule has 0 aliphatic heterocycles. The van der Waals surface area contributed by atoms with E-state index in [0.29, 0.717) is 33.2 Å². The van der Waals surface area contributed by atoms with E-state index in [1.165, 1.54) is 0 Å². The molecule has 0 fully saturated rings. The highest BCUT2D eigenvalue weighted by Gasteiger charge is 2.11. The molecule has 4 nitrogen and oxygen atoms in total. The summed E-state index contributed by atoms with van der Waals surface area (Å²) in [4.78, 5) is 16.2. The zero-order chi connectivity index (χ0) is 15.2. The molecule has 1 aromatic heterocycles. The Hall–Kier alpha value is -1.59. The molecule has 0 unspecified atom stereocenters. The second-order valence-electron chi connectivity index (χ2n) is 4.31. The zero-order valence-electron chi connectivity index (χ0n) is 11.4. The summed E-state index contributed by atoms with van der Waals surface area (Å²) in [7, 11) is 0. The normalized spacial score (nSPS) is 10.2. The summed E-state index contributed by atoms with van der Waals surface area (Å²) < 4.78 is 6.21. The molecule has 21 heavy (non-hydrogen) atoms. The van der Waals surface area contributed by atoms with Crippen molar-refractivity contribution in [3.8, 4) is 5.75 Å². The molecule has 1 heterocycles. The number of benzene rings is 1. The van der Waals surface area contributed by atoms with Crippen LogP contribution in [-0.4, -0.2) is 17.5 Å². The Morgan fingerprint density at radius 3 is 2.90 bits per heavy atom. The number of carbonyl (C=O) groups excluding carboxylic acids is 1. The number of anilines is 1. The van der Waals surface area contributed by atoms with E-state index in [0.717, 1.165) is 6.42 Å². The van der Waals surface area contributed by atoms with Crippen LogP contribution < -0.4 is 10.1 Å². The Balaban J connectivity index is 2.21. The first-order valence-electron chi connectivity index (χ1n) is 6.45. The number of hydrogen-bond donors (Lipinski definition) is 1. The summed E-state index contributed by atoms with van der Waals surface area (Å²) in [5.74, 6) is 0.351. The number of nitrogens with zero attached hydrogens (tertiary/aromatic N) is 1. The molecule has 110 valence electrons. The predicted octanol–water partition coefficient (Wildman–Crippen LogP) is 4.54. The van der Waals surface area contributed by atoms with Gasteiger partial charge in [-0.15, -0.1) is 0 Å². The second kappa shape index (κ2) is 7.43. The van der Waals surface area contributed by atoms with Gasteiger partial charge in [0.1, 0.15) is 10.4 Å². The minimum atomic E-state index is -0.248. The Labute approximate surface area is 136 Å². The van der Waals surface area contributed by atoms with Crippen LogP contribution in [0.5, 0.6) is 5.75 Å². The molecule has 0 spiro atoms. The molecule has 1 N–H and O–H groups in total. The van der Waals surface area contributed by atoms with Crippen molar-refractivity contribution in [3.63, 3.8) is 0 Å². The summed E-state index contributed by atoms with van der Waals surface area (Å²) in [6.07, 6.45) is 2.44. The lowest BCUT2D eigenvalue weighted by Crippen LogP contribution is -2.13. The van der Waals surface area contributed by atoms with Crippen LogP contribution in [-0.2, 0) is 0 Å². The smallest absolute Gasteiger partial charge is 0.255 e. The molecular weight excluding hydrogens is 356 g/mol. The van der Waals surface area contributed by atoms with Crippen LogP contribution in [0, 0.1) is 0 Å². The summed E-state index contributed by atoms with van der Waals surface area (Å²) in [6, 6.07) is 8.42. The second-order valence-corrected chi connectivity index (χ2v) is 5.56. The number of halogens is 2. The van der Waals surface area contributed by atoms with Gasteiger partial charge in [0.2, 0.25) is 0 Å². The van der Waals surface area contributed by atoms with E-state index in [2.05, 4.69) is 26.2 Å². The molecule has 1 aromatic carbocycles. The van der Waals surface area contributed by atoms with Crippen molar-refractivity contribution in [2.45, 2.75) is 13.3 Å². The molecule has 2 rings (SSSR count). The molecule has 0 aliphatic carbocycles. The third-order valence-electron chi connectivity index (χ3n) is 2.64. The summed E-state index contributed by atoms with van der Waals surface area (Å²) in [5, 5.41) is 3.34. The van der Waals surface area contributed by atoms with Crippen LogP contribution >= 0.6 is 27.5 Å². The van der Waals surface area contributed by atoms with Gasteiger partial charge in [0, 0.05) is 16.8 Å². The van der Waals surface area contributed by atoms with E-state index in [4.69, 9.17) is 16.3 Å². The van der Waals surface area contributed by atoms with Gasteiger partial charge in [-0.3, -0.25) is 4.79 Å². The third-order valence-corrected chi connectivity index (χ3v) is 3.31. The van der Waals surface area contributed by atoms with E-state index >= 15 is 0 Å². The SMILES string of the molecule is CCCOc1ccc(Cl)cc1NC(=O)c1ccnc(Br)c1. The molecule has 0 saturated carbocycles. The lowest BCUT2D eigenvalue weighted by Gasteiger charge is -2.12. The molecule has 0 aliphatic rings. The van der Waals surface area contributed by atoms with Crippen LogP contribution in [0.25, 0.3) is 0 Å². The zero-order valence-corrected chi connectivity index (χ0v) is 13.7. The highest BCUT2D eigenvalue weighted by atomic mass is 79.9. The number of nitrogens with one attached hydrogen (secondary N) is 1. The van der Waals surface area contributed by atoms with Crippen molar-refractivity contribution in [3.05, 3.63) is 51.7 Å². The minimum absolute atomic E-state index is 0.248. The van der Waals surface area contributed by atoms with Gasteiger partial charge in [0.15, 0.2) is 0 Å². The van der Waals surface area contributed by atoms with E-state index < -0.39 is 0 Å². The maximum Gasteiger partial charge on any atom is 0.255 e. The molecule has 6 heteroatoms. The fourth-order valence-electron chi connectivity index (χ4n) is 1.68. The molecule has 1 amide bonds. The van der Waals surface area contributed by atoms with Gasteiger partial charge in [0.05, 0.1) is 12.3 Å². The number of ether oxygens (including phenoxy) is 1. The number of aromatic nitrogens is 1. The maximum atomic E-state index is 12.2. The van der Waals surface area contributed by atoms with E-state index in [9.17, 15) is 4.79 Å². The predicted molar refractivity (Wildman–Crippen MR) is 87.1 cm³/mol. The standard InChI is InChI=1S/C15H14BrClN2O2/c1-2-7-21-13-4-3-11(17)9-12(13)19-15(20)10-5-6-18-14(16)8-10/h3-6,8-9H,2,7H2,1H3,(H,19,20). The highest BCUT2D eigenvalue weighted by Crippen LogP contribution is 2.28. The van der Waals surface area contributed by atoms with Gasteiger partial charge >= 0.3 is 0 Å². The quantitative estimate of drug-likeness (QED) is 0.787. The van der Waals surface area contributed by atoms with Crippen molar-refractivity contribution in [1.29, 1.82) is 0 Å². The first kappa shape index (κ1) is 15.8. The van der Waals surface area contributed by atoms with Crippen molar-refractivity contribution in [2.75, 3.05) is 11.9 Å². The summed E-state index contributed by atoms with van der Waals surface area (Å²) in [5.41, 5.74) is 1.05. The van der Waals surface area contributed by atoms with Gasteiger partial charge in [-0.05, 0) is 52.7 Å². The molecule has 0 saturated heterocycles. The Bertz CT molecular complexity index is 649. The number of rotatable bonds is 5.